The fraction of sp³-hybridized carbons (Fsp3) is 0.304. The first-order valence-corrected chi connectivity index (χ1v) is 9.59. The maximum Gasteiger partial charge on any atom is 0.255 e. The summed E-state index contributed by atoms with van der Waals surface area (Å²) in [6.45, 7) is 5.44. The highest BCUT2D eigenvalue weighted by molar-refractivity contribution is 6.02. The summed E-state index contributed by atoms with van der Waals surface area (Å²) in [6.07, 6.45) is 5.44. The number of nitrogens with one attached hydrogen (secondary N) is 2. The molecule has 2 amide bonds. The molecule has 0 aromatic heterocycles. The van der Waals surface area contributed by atoms with Crippen LogP contribution < -0.4 is 10.6 Å². The van der Waals surface area contributed by atoms with Crippen molar-refractivity contribution >= 4 is 17.5 Å². The minimum absolute atomic E-state index is 0.101. The highest BCUT2D eigenvalue weighted by atomic mass is 16.3. The number of amides is 2. The van der Waals surface area contributed by atoms with E-state index in [1.165, 1.54) is 17.7 Å². The molecule has 0 aliphatic heterocycles. The van der Waals surface area contributed by atoms with Crippen LogP contribution in [-0.4, -0.2) is 23.0 Å². The molecule has 1 atom stereocenters. The largest absolute Gasteiger partial charge is 0.507 e. The molecular weight excluding hydrogens is 352 g/mol. The maximum atomic E-state index is 12.9. The second-order valence-electron chi connectivity index (χ2n) is 7.35. The van der Waals surface area contributed by atoms with Gasteiger partial charge in [0.25, 0.3) is 5.91 Å². The average Bonchev–Trinajstić information content (AvgIpc) is 3.21. The van der Waals surface area contributed by atoms with Crippen molar-refractivity contribution in [2.75, 3.05) is 5.32 Å². The van der Waals surface area contributed by atoms with E-state index < -0.39 is 0 Å². The van der Waals surface area contributed by atoms with E-state index in [9.17, 15) is 14.7 Å². The molecule has 3 rings (SSSR count). The smallest absolute Gasteiger partial charge is 0.255 e. The first-order chi connectivity index (χ1) is 13.5. The molecule has 5 heteroatoms. The average molecular weight is 378 g/mol. The predicted octanol–water partition coefficient (Wildman–Crippen LogP) is 4.15. The standard InChI is InChI=1S/C23H26N2O3/c1-3-21(27)25-18-11-12-20(26)19(15-18)22(28)24-16(2)23(13-7-8-14-23)17-9-5-4-6-10-17/h3-6,9-12,15-16,26H,1,7-8,13-14H2,2H3,(H,24,28)(H,25,27). The maximum absolute atomic E-state index is 12.9. The van der Waals surface area contributed by atoms with E-state index in [0.29, 0.717) is 5.69 Å². The zero-order chi connectivity index (χ0) is 20.1. The van der Waals surface area contributed by atoms with Crippen molar-refractivity contribution in [2.45, 2.75) is 44.1 Å². The molecule has 2 aromatic carbocycles. The summed E-state index contributed by atoms with van der Waals surface area (Å²) in [5, 5.41) is 15.9. The van der Waals surface area contributed by atoms with Gasteiger partial charge in [-0.3, -0.25) is 9.59 Å². The van der Waals surface area contributed by atoms with Gasteiger partial charge in [-0.05, 0) is 49.6 Å². The number of phenolic OH excluding ortho intramolecular Hbond substituents is 1. The van der Waals surface area contributed by atoms with Crippen molar-refractivity contribution < 1.29 is 14.7 Å². The van der Waals surface area contributed by atoms with E-state index in [1.54, 1.807) is 6.07 Å². The summed E-state index contributed by atoms with van der Waals surface area (Å²) in [4.78, 5) is 24.4. The molecule has 1 aliphatic carbocycles. The van der Waals surface area contributed by atoms with Crippen LogP contribution in [-0.2, 0) is 10.2 Å². The third kappa shape index (κ3) is 3.93. The monoisotopic (exact) mass is 378 g/mol. The summed E-state index contributed by atoms with van der Waals surface area (Å²) in [5.74, 6) is -0.859. The fourth-order valence-corrected chi connectivity index (χ4v) is 4.15. The Kier molecular flexibility index (Phi) is 5.83. The van der Waals surface area contributed by atoms with Crippen molar-refractivity contribution in [3.8, 4) is 5.75 Å². The number of benzene rings is 2. The molecule has 5 nitrogen and oxygen atoms in total. The lowest BCUT2D eigenvalue weighted by molar-refractivity contribution is -0.111. The topological polar surface area (TPSA) is 78.4 Å². The summed E-state index contributed by atoms with van der Waals surface area (Å²) < 4.78 is 0. The summed E-state index contributed by atoms with van der Waals surface area (Å²) in [7, 11) is 0. The van der Waals surface area contributed by atoms with Crippen LogP contribution in [0.1, 0.15) is 48.5 Å². The Labute approximate surface area is 165 Å². The number of carbonyl (C=O) groups excluding carboxylic acids is 2. The number of rotatable bonds is 6. The molecule has 1 aliphatic rings. The zero-order valence-electron chi connectivity index (χ0n) is 16.1. The van der Waals surface area contributed by atoms with E-state index in [2.05, 4.69) is 29.3 Å². The molecule has 0 spiro atoms. The Balaban J connectivity index is 1.83. The minimum atomic E-state index is -0.376. The van der Waals surface area contributed by atoms with Gasteiger partial charge < -0.3 is 15.7 Å². The van der Waals surface area contributed by atoms with Crippen molar-refractivity contribution in [2.24, 2.45) is 0 Å². The van der Waals surface area contributed by atoms with Gasteiger partial charge in [-0.1, -0.05) is 49.8 Å². The molecule has 0 bridgehead atoms. The van der Waals surface area contributed by atoms with Crippen LogP contribution in [0.3, 0.4) is 0 Å². The van der Waals surface area contributed by atoms with Gasteiger partial charge in [-0.25, -0.2) is 0 Å². The molecule has 0 radical (unpaired) electrons. The van der Waals surface area contributed by atoms with Crippen molar-refractivity contribution in [3.63, 3.8) is 0 Å². The summed E-state index contributed by atoms with van der Waals surface area (Å²) in [5.41, 5.74) is 1.69. The molecule has 146 valence electrons. The normalized spacial score (nSPS) is 16.2. The number of phenols is 1. The Morgan fingerprint density at radius 3 is 2.46 bits per heavy atom. The van der Waals surface area contributed by atoms with Gasteiger partial charge in [0.1, 0.15) is 5.75 Å². The highest BCUT2D eigenvalue weighted by Gasteiger charge is 2.41. The molecule has 1 saturated carbocycles. The quantitative estimate of drug-likeness (QED) is 0.522. The number of anilines is 1. The Morgan fingerprint density at radius 1 is 1.14 bits per heavy atom. The van der Waals surface area contributed by atoms with Gasteiger partial charge in [-0.2, -0.15) is 0 Å². The molecule has 0 heterocycles. The zero-order valence-corrected chi connectivity index (χ0v) is 16.1. The molecule has 0 saturated heterocycles. The molecule has 2 aromatic rings. The first-order valence-electron chi connectivity index (χ1n) is 9.59. The van der Waals surface area contributed by atoms with Crippen LogP contribution in [0.25, 0.3) is 0 Å². The van der Waals surface area contributed by atoms with E-state index in [1.807, 2.05) is 25.1 Å². The Hall–Kier alpha value is -3.08. The van der Waals surface area contributed by atoms with Crippen LogP contribution in [0.15, 0.2) is 61.2 Å². The number of aromatic hydroxyl groups is 1. The highest BCUT2D eigenvalue weighted by Crippen LogP contribution is 2.43. The van der Waals surface area contributed by atoms with Gasteiger partial charge in [0.15, 0.2) is 0 Å². The van der Waals surface area contributed by atoms with Gasteiger partial charge in [0, 0.05) is 17.1 Å². The summed E-state index contributed by atoms with van der Waals surface area (Å²) >= 11 is 0. The number of carbonyl (C=O) groups is 2. The van der Waals surface area contributed by atoms with Crippen LogP contribution in [0, 0.1) is 0 Å². The van der Waals surface area contributed by atoms with E-state index in [4.69, 9.17) is 0 Å². The lowest BCUT2D eigenvalue weighted by atomic mass is 9.73. The van der Waals surface area contributed by atoms with Crippen LogP contribution in [0.2, 0.25) is 0 Å². The van der Waals surface area contributed by atoms with Crippen molar-refractivity contribution in [3.05, 3.63) is 72.3 Å². The third-order valence-corrected chi connectivity index (χ3v) is 5.72. The molecule has 1 fully saturated rings. The van der Waals surface area contributed by atoms with E-state index in [-0.39, 0.29) is 34.6 Å². The van der Waals surface area contributed by atoms with Crippen molar-refractivity contribution in [1.82, 2.24) is 5.32 Å². The molecule has 1 unspecified atom stereocenters. The number of hydrogen-bond acceptors (Lipinski definition) is 3. The Morgan fingerprint density at radius 2 is 1.82 bits per heavy atom. The van der Waals surface area contributed by atoms with Gasteiger partial charge in [-0.15, -0.1) is 0 Å². The van der Waals surface area contributed by atoms with Gasteiger partial charge in [0.05, 0.1) is 5.56 Å². The van der Waals surface area contributed by atoms with Crippen molar-refractivity contribution in [1.29, 1.82) is 0 Å². The summed E-state index contributed by atoms with van der Waals surface area (Å²) in [6, 6.07) is 14.6. The van der Waals surface area contributed by atoms with Gasteiger partial charge in [0.2, 0.25) is 5.91 Å². The van der Waals surface area contributed by atoms with Crippen LogP contribution in [0.4, 0.5) is 5.69 Å². The minimum Gasteiger partial charge on any atom is -0.507 e. The molecular formula is C23H26N2O3. The fourth-order valence-electron chi connectivity index (χ4n) is 4.15. The lowest BCUT2D eigenvalue weighted by Crippen LogP contribution is -2.47. The molecule has 28 heavy (non-hydrogen) atoms. The Bertz CT molecular complexity index is 871. The third-order valence-electron chi connectivity index (χ3n) is 5.72. The van der Waals surface area contributed by atoms with E-state index >= 15 is 0 Å². The predicted molar refractivity (Wildman–Crippen MR) is 110 cm³/mol. The second-order valence-corrected chi connectivity index (χ2v) is 7.35. The lowest BCUT2D eigenvalue weighted by Gasteiger charge is -2.36. The second kappa shape index (κ2) is 8.30. The number of hydrogen-bond donors (Lipinski definition) is 3. The van der Waals surface area contributed by atoms with Gasteiger partial charge >= 0.3 is 0 Å². The SMILES string of the molecule is C=CC(=O)Nc1ccc(O)c(C(=O)NC(C)C2(c3ccccc3)CCCC2)c1. The van der Waals surface area contributed by atoms with Crippen LogP contribution >= 0.6 is 0 Å². The first kappa shape index (κ1) is 19.7. The van der Waals surface area contributed by atoms with E-state index in [0.717, 1.165) is 31.8 Å². The van der Waals surface area contributed by atoms with Crippen LogP contribution in [0.5, 0.6) is 5.75 Å². The molecule has 3 N–H and O–H groups in total.